The number of rotatable bonds is 2. The largest absolute Gasteiger partial charge is 0.477 e. The van der Waals surface area contributed by atoms with Crippen LogP contribution >= 0.6 is 0 Å². The highest BCUT2D eigenvalue weighted by molar-refractivity contribution is 5.76. The number of hydrogen-bond acceptors (Lipinski definition) is 3. The number of carboxylic acids is 1. The van der Waals surface area contributed by atoms with Gasteiger partial charge in [-0.15, -0.1) is 0 Å². The minimum Gasteiger partial charge on any atom is -0.477 e. The van der Waals surface area contributed by atoms with Crippen LogP contribution < -0.4 is 0 Å². The van der Waals surface area contributed by atoms with E-state index in [-0.39, 0.29) is 5.92 Å². The monoisotopic (exact) mass is 173 g/mol. The molecule has 1 N–H and O–H groups in total. The van der Waals surface area contributed by atoms with Gasteiger partial charge in [0.1, 0.15) is 0 Å². The van der Waals surface area contributed by atoms with Gasteiger partial charge in [-0.25, -0.2) is 4.79 Å². The van der Waals surface area contributed by atoms with Gasteiger partial charge in [-0.1, -0.05) is 13.8 Å². The lowest BCUT2D eigenvalue weighted by Gasteiger charge is -2.35. The molecule has 0 saturated carbocycles. The van der Waals surface area contributed by atoms with Crippen molar-refractivity contribution in [3.63, 3.8) is 0 Å². The first-order valence-corrected chi connectivity index (χ1v) is 3.92. The Balaban J connectivity index is 2.77. The van der Waals surface area contributed by atoms with E-state index in [2.05, 4.69) is 0 Å². The van der Waals surface area contributed by atoms with Crippen LogP contribution in [-0.2, 0) is 14.3 Å². The van der Waals surface area contributed by atoms with Gasteiger partial charge in [0.25, 0.3) is 5.79 Å². The summed E-state index contributed by atoms with van der Waals surface area (Å²) in [5.41, 5.74) is 0. The van der Waals surface area contributed by atoms with Crippen LogP contribution in [0.2, 0.25) is 0 Å². The summed E-state index contributed by atoms with van der Waals surface area (Å²) >= 11 is 0. The Morgan fingerprint density at radius 1 is 1.50 bits per heavy atom. The summed E-state index contributed by atoms with van der Waals surface area (Å²) in [4.78, 5) is 10.9. The number of ether oxygens (including phenoxy) is 2. The van der Waals surface area contributed by atoms with Crippen LogP contribution in [0.4, 0.5) is 0 Å². The lowest BCUT2D eigenvalue weighted by atomic mass is 10.0. The van der Waals surface area contributed by atoms with Gasteiger partial charge in [0, 0.05) is 12.3 Å². The van der Waals surface area contributed by atoms with E-state index in [1.807, 2.05) is 0 Å². The quantitative estimate of drug-likeness (QED) is 0.667. The number of carbonyl (C=O) groups is 1. The normalized spacial score (nSPS) is 22.6. The molecule has 12 heavy (non-hydrogen) atoms. The maximum atomic E-state index is 10.9. The Labute approximate surface area is 71.5 Å². The van der Waals surface area contributed by atoms with Gasteiger partial charge in [0.2, 0.25) is 0 Å². The summed E-state index contributed by atoms with van der Waals surface area (Å²) in [5.74, 6) is -2.68. The maximum Gasteiger partial charge on any atom is 0.364 e. The zero-order valence-corrected chi connectivity index (χ0v) is 7.24. The van der Waals surface area contributed by atoms with Crippen LogP contribution in [0.3, 0.4) is 0 Å². The molecule has 0 amide bonds. The fourth-order valence-corrected chi connectivity index (χ4v) is 1.16. The molecule has 1 aliphatic rings. The summed E-state index contributed by atoms with van der Waals surface area (Å²) in [7, 11) is 0. The highest BCUT2D eigenvalue weighted by atomic mass is 16.7. The minimum absolute atomic E-state index is 0.191. The molecular formula is C8H13O4. The Morgan fingerprint density at radius 2 is 2.00 bits per heavy atom. The first-order valence-electron chi connectivity index (χ1n) is 3.92. The smallest absolute Gasteiger partial charge is 0.364 e. The highest BCUT2D eigenvalue weighted by Gasteiger charge is 2.46. The van der Waals surface area contributed by atoms with Crippen LogP contribution in [-0.4, -0.2) is 30.1 Å². The average Bonchev–Trinajstić information content (AvgIpc) is 2.05. The third-order valence-corrected chi connectivity index (χ3v) is 1.89. The molecule has 4 nitrogen and oxygen atoms in total. The summed E-state index contributed by atoms with van der Waals surface area (Å²) in [6.45, 7) is 4.20. The molecule has 0 aromatic rings. The van der Waals surface area contributed by atoms with Crippen molar-refractivity contribution in [1.29, 1.82) is 0 Å². The van der Waals surface area contributed by atoms with Gasteiger partial charge in [0.05, 0.1) is 13.2 Å². The molecule has 0 aliphatic carbocycles. The zero-order valence-electron chi connectivity index (χ0n) is 7.24. The topological polar surface area (TPSA) is 55.8 Å². The Kier molecular flexibility index (Phi) is 2.69. The SMILES string of the molecule is CC(C)C1(C(=O)O)OC[CH]CO1. The molecular weight excluding hydrogens is 160 g/mol. The van der Waals surface area contributed by atoms with Crippen molar-refractivity contribution in [2.75, 3.05) is 13.2 Å². The fraction of sp³-hybridized carbons (Fsp3) is 0.750. The molecule has 1 saturated heterocycles. The minimum atomic E-state index is -1.44. The van der Waals surface area contributed by atoms with Gasteiger partial charge in [-0.2, -0.15) is 0 Å². The Hall–Kier alpha value is -0.610. The van der Waals surface area contributed by atoms with Crippen molar-refractivity contribution in [2.45, 2.75) is 19.6 Å². The first kappa shape index (κ1) is 9.48. The molecule has 0 aromatic carbocycles. The molecule has 1 aliphatic heterocycles. The number of hydrogen-bond donors (Lipinski definition) is 1. The zero-order chi connectivity index (χ0) is 9.19. The third kappa shape index (κ3) is 1.44. The van der Waals surface area contributed by atoms with E-state index >= 15 is 0 Å². The molecule has 0 spiro atoms. The van der Waals surface area contributed by atoms with Gasteiger partial charge in [-0.05, 0) is 0 Å². The van der Waals surface area contributed by atoms with Crippen LogP contribution in [0.5, 0.6) is 0 Å². The van der Waals surface area contributed by atoms with Crippen molar-refractivity contribution in [3.8, 4) is 0 Å². The van der Waals surface area contributed by atoms with E-state index in [0.29, 0.717) is 13.2 Å². The van der Waals surface area contributed by atoms with Gasteiger partial charge in [0.15, 0.2) is 0 Å². The second kappa shape index (κ2) is 3.41. The molecule has 69 valence electrons. The standard InChI is InChI=1S/C8H13O4/c1-6(2)8(7(9)10)11-4-3-5-12-8/h3,6H,4-5H2,1-2H3,(H,9,10). The van der Waals surface area contributed by atoms with Crippen molar-refractivity contribution < 1.29 is 19.4 Å². The molecule has 1 heterocycles. The molecule has 1 rings (SSSR count). The molecule has 0 unspecified atom stereocenters. The maximum absolute atomic E-state index is 10.9. The molecule has 0 bridgehead atoms. The van der Waals surface area contributed by atoms with Gasteiger partial charge in [-0.3, -0.25) is 0 Å². The predicted molar refractivity (Wildman–Crippen MR) is 41.4 cm³/mol. The van der Waals surface area contributed by atoms with Crippen molar-refractivity contribution in [2.24, 2.45) is 5.92 Å². The van der Waals surface area contributed by atoms with Crippen LogP contribution in [0.25, 0.3) is 0 Å². The molecule has 0 aromatic heterocycles. The van der Waals surface area contributed by atoms with Gasteiger partial charge >= 0.3 is 5.97 Å². The van der Waals surface area contributed by atoms with E-state index in [9.17, 15) is 4.79 Å². The summed E-state index contributed by atoms with van der Waals surface area (Å²) in [5, 5.41) is 8.90. The Bertz CT molecular complexity index is 170. The van der Waals surface area contributed by atoms with Crippen LogP contribution in [0, 0.1) is 12.3 Å². The molecule has 4 heteroatoms. The second-order valence-corrected chi connectivity index (χ2v) is 3.04. The number of carboxylic acid groups (broad SMARTS) is 1. The van der Waals surface area contributed by atoms with Crippen molar-refractivity contribution in [3.05, 3.63) is 6.42 Å². The van der Waals surface area contributed by atoms with E-state index < -0.39 is 11.8 Å². The summed E-state index contributed by atoms with van der Waals surface area (Å²) < 4.78 is 10.2. The molecule has 1 radical (unpaired) electrons. The van der Waals surface area contributed by atoms with Crippen LogP contribution in [0.15, 0.2) is 0 Å². The van der Waals surface area contributed by atoms with E-state index in [1.165, 1.54) is 0 Å². The highest BCUT2D eigenvalue weighted by Crippen LogP contribution is 2.27. The van der Waals surface area contributed by atoms with E-state index in [1.54, 1.807) is 20.3 Å². The van der Waals surface area contributed by atoms with Crippen LogP contribution in [0.1, 0.15) is 13.8 Å². The lowest BCUT2D eigenvalue weighted by molar-refractivity contribution is -0.272. The van der Waals surface area contributed by atoms with Crippen molar-refractivity contribution >= 4 is 5.97 Å². The van der Waals surface area contributed by atoms with E-state index in [0.717, 1.165) is 0 Å². The van der Waals surface area contributed by atoms with E-state index in [4.69, 9.17) is 14.6 Å². The first-order chi connectivity index (χ1) is 5.59. The van der Waals surface area contributed by atoms with Crippen molar-refractivity contribution in [1.82, 2.24) is 0 Å². The lowest BCUT2D eigenvalue weighted by Crippen LogP contribution is -2.52. The second-order valence-electron chi connectivity index (χ2n) is 3.04. The molecule has 1 fully saturated rings. The van der Waals surface area contributed by atoms with Gasteiger partial charge < -0.3 is 14.6 Å². The Morgan fingerprint density at radius 3 is 2.25 bits per heavy atom. The third-order valence-electron chi connectivity index (χ3n) is 1.89. The predicted octanol–water partition coefficient (Wildman–Crippen LogP) is 0.674. The molecule has 0 atom stereocenters. The number of aliphatic carboxylic acids is 1. The summed E-state index contributed by atoms with van der Waals surface area (Å²) in [6.07, 6.45) is 1.75. The average molecular weight is 173 g/mol. The summed E-state index contributed by atoms with van der Waals surface area (Å²) in [6, 6.07) is 0. The fourth-order valence-electron chi connectivity index (χ4n) is 1.16.